The number of ether oxygens (including phenoxy) is 1. The van der Waals surface area contributed by atoms with Crippen molar-refractivity contribution in [2.24, 2.45) is 0 Å². The summed E-state index contributed by atoms with van der Waals surface area (Å²) in [6, 6.07) is 18.0. The number of nitrogens with zero attached hydrogens (tertiary/aromatic N) is 2. The van der Waals surface area contributed by atoms with Gasteiger partial charge in [0.2, 0.25) is 11.8 Å². The quantitative estimate of drug-likeness (QED) is 0.688. The molecule has 5 heteroatoms. The van der Waals surface area contributed by atoms with Gasteiger partial charge in [-0.2, -0.15) is 0 Å². The van der Waals surface area contributed by atoms with Crippen LogP contribution in [0.15, 0.2) is 59.0 Å². The fourth-order valence-electron chi connectivity index (χ4n) is 3.52. The van der Waals surface area contributed by atoms with Gasteiger partial charge in [-0.3, -0.25) is 4.79 Å². The zero-order chi connectivity index (χ0) is 19.5. The number of oxazole rings is 1. The minimum atomic E-state index is -0.0835. The summed E-state index contributed by atoms with van der Waals surface area (Å²) in [5.74, 6) is 1.32. The number of amides is 1. The molecule has 1 aliphatic rings. The Labute approximate surface area is 165 Å². The highest BCUT2D eigenvalue weighted by atomic mass is 16.5. The lowest BCUT2D eigenvalue weighted by Crippen LogP contribution is -2.43. The maximum atomic E-state index is 12.9. The highest BCUT2D eigenvalue weighted by Crippen LogP contribution is 2.26. The van der Waals surface area contributed by atoms with Crippen LogP contribution in [0.1, 0.15) is 28.7 Å². The fraction of sp³-hybridized carbons (Fsp3) is 0.304. The molecule has 4 rings (SSSR count). The number of aromatic nitrogens is 1. The molecule has 1 fully saturated rings. The van der Waals surface area contributed by atoms with Crippen LogP contribution in [0.2, 0.25) is 0 Å². The number of hydrogen-bond donors (Lipinski definition) is 0. The zero-order valence-electron chi connectivity index (χ0n) is 16.2. The maximum Gasteiger partial charge on any atom is 0.228 e. The average molecular weight is 376 g/mol. The van der Waals surface area contributed by atoms with Crippen molar-refractivity contribution in [3.63, 3.8) is 0 Å². The van der Waals surface area contributed by atoms with Gasteiger partial charge >= 0.3 is 0 Å². The van der Waals surface area contributed by atoms with Crippen molar-refractivity contribution in [1.82, 2.24) is 9.88 Å². The number of benzene rings is 2. The number of aryl methyl sites for hydroxylation is 2. The summed E-state index contributed by atoms with van der Waals surface area (Å²) in [5, 5.41) is 0. The molecule has 1 aromatic heterocycles. The molecule has 2 aromatic carbocycles. The molecule has 28 heavy (non-hydrogen) atoms. The monoisotopic (exact) mass is 376 g/mol. The molecule has 1 unspecified atom stereocenters. The summed E-state index contributed by atoms with van der Waals surface area (Å²) >= 11 is 0. The van der Waals surface area contributed by atoms with E-state index in [4.69, 9.17) is 9.15 Å². The van der Waals surface area contributed by atoms with Gasteiger partial charge in [0.1, 0.15) is 11.9 Å². The number of morpholine rings is 1. The van der Waals surface area contributed by atoms with Crippen molar-refractivity contribution < 1.29 is 13.9 Å². The maximum absolute atomic E-state index is 12.9. The van der Waals surface area contributed by atoms with Gasteiger partial charge in [-0.1, -0.05) is 48.5 Å². The van der Waals surface area contributed by atoms with Crippen LogP contribution in [0, 0.1) is 13.8 Å². The van der Waals surface area contributed by atoms with Crippen LogP contribution in [0.3, 0.4) is 0 Å². The summed E-state index contributed by atoms with van der Waals surface area (Å²) in [7, 11) is 0. The molecular weight excluding hydrogens is 352 g/mol. The third kappa shape index (κ3) is 3.85. The predicted octanol–water partition coefficient (Wildman–Crippen LogP) is 4.10. The van der Waals surface area contributed by atoms with Gasteiger partial charge < -0.3 is 14.1 Å². The van der Waals surface area contributed by atoms with Crippen LogP contribution in [-0.2, 0) is 16.0 Å². The Hall–Kier alpha value is -2.92. The molecule has 0 spiro atoms. The second kappa shape index (κ2) is 7.98. The van der Waals surface area contributed by atoms with E-state index in [0.717, 1.165) is 16.7 Å². The van der Waals surface area contributed by atoms with Gasteiger partial charge in [0.25, 0.3) is 0 Å². The lowest BCUT2D eigenvalue weighted by molar-refractivity contribution is -0.138. The Balaban J connectivity index is 1.47. The summed E-state index contributed by atoms with van der Waals surface area (Å²) in [6.07, 6.45) is 0.155. The molecule has 0 bridgehead atoms. The molecule has 2 heterocycles. The van der Waals surface area contributed by atoms with Crippen molar-refractivity contribution in [2.75, 3.05) is 19.7 Å². The average Bonchev–Trinajstić information content (AvgIpc) is 3.09. The molecule has 0 aliphatic carbocycles. The largest absolute Gasteiger partial charge is 0.441 e. The lowest BCUT2D eigenvalue weighted by Gasteiger charge is -2.33. The van der Waals surface area contributed by atoms with Crippen LogP contribution in [-0.4, -0.2) is 35.5 Å². The van der Waals surface area contributed by atoms with E-state index in [1.54, 1.807) is 0 Å². The Bertz CT molecular complexity index is 965. The molecule has 0 radical (unpaired) electrons. The molecule has 3 aromatic rings. The molecule has 1 amide bonds. The van der Waals surface area contributed by atoms with Crippen LogP contribution in [0.5, 0.6) is 0 Å². The van der Waals surface area contributed by atoms with Crippen molar-refractivity contribution in [3.05, 3.63) is 77.2 Å². The van der Waals surface area contributed by atoms with E-state index < -0.39 is 0 Å². The second-order valence-corrected chi connectivity index (χ2v) is 7.12. The van der Waals surface area contributed by atoms with Crippen LogP contribution in [0.25, 0.3) is 11.5 Å². The fourth-order valence-corrected chi connectivity index (χ4v) is 3.52. The van der Waals surface area contributed by atoms with E-state index in [-0.39, 0.29) is 18.4 Å². The number of carbonyl (C=O) groups excluding carboxylic acids is 1. The van der Waals surface area contributed by atoms with Gasteiger partial charge in [0.05, 0.1) is 25.3 Å². The third-order valence-electron chi connectivity index (χ3n) is 5.18. The van der Waals surface area contributed by atoms with Crippen LogP contribution < -0.4 is 0 Å². The van der Waals surface area contributed by atoms with Gasteiger partial charge in [-0.25, -0.2) is 4.98 Å². The highest BCUT2D eigenvalue weighted by molar-refractivity contribution is 5.79. The first-order chi connectivity index (χ1) is 13.6. The van der Waals surface area contributed by atoms with E-state index in [1.165, 1.54) is 0 Å². The van der Waals surface area contributed by atoms with E-state index in [2.05, 4.69) is 4.98 Å². The van der Waals surface area contributed by atoms with E-state index in [0.29, 0.717) is 37.0 Å². The highest BCUT2D eigenvalue weighted by Gasteiger charge is 2.26. The molecule has 144 valence electrons. The summed E-state index contributed by atoms with van der Waals surface area (Å²) in [5.41, 5.74) is 3.85. The Morgan fingerprint density at radius 1 is 1.11 bits per heavy atom. The van der Waals surface area contributed by atoms with Crippen LogP contribution >= 0.6 is 0 Å². The van der Waals surface area contributed by atoms with Crippen molar-refractivity contribution in [1.29, 1.82) is 0 Å². The summed E-state index contributed by atoms with van der Waals surface area (Å²) < 4.78 is 11.7. The van der Waals surface area contributed by atoms with Gasteiger partial charge in [0.15, 0.2) is 0 Å². The number of rotatable bonds is 4. The molecular formula is C23H24N2O3. The van der Waals surface area contributed by atoms with Crippen molar-refractivity contribution in [3.8, 4) is 11.5 Å². The topological polar surface area (TPSA) is 55.6 Å². The zero-order valence-corrected chi connectivity index (χ0v) is 16.2. The van der Waals surface area contributed by atoms with Crippen LogP contribution in [0.4, 0.5) is 0 Å². The molecule has 1 saturated heterocycles. The third-order valence-corrected chi connectivity index (χ3v) is 5.18. The Morgan fingerprint density at radius 2 is 1.86 bits per heavy atom. The summed E-state index contributed by atoms with van der Waals surface area (Å²) in [4.78, 5) is 19.4. The smallest absolute Gasteiger partial charge is 0.228 e. The number of hydrogen-bond acceptors (Lipinski definition) is 4. The lowest BCUT2D eigenvalue weighted by atomic mass is 10.1. The molecule has 0 N–H and O–H groups in total. The molecule has 5 nitrogen and oxygen atoms in total. The normalized spacial score (nSPS) is 16.9. The van der Waals surface area contributed by atoms with E-state index >= 15 is 0 Å². The van der Waals surface area contributed by atoms with Crippen molar-refractivity contribution >= 4 is 5.91 Å². The van der Waals surface area contributed by atoms with Gasteiger partial charge in [-0.15, -0.1) is 0 Å². The second-order valence-electron chi connectivity index (χ2n) is 7.12. The standard InChI is InChI=1S/C23H24N2O3/c1-16-8-6-7-11-19(16)23-24-20(17(2)28-23)14-22(26)25-12-13-27-21(15-25)18-9-4-3-5-10-18/h3-11,21H,12-15H2,1-2H3. The predicted molar refractivity (Wildman–Crippen MR) is 107 cm³/mol. The van der Waals surface area contributed by atoms with E-state index in [9.17, 15) is 4.79 Å². The Morgan fingerprint density at radius 3 is 2.64 bits per heavy atom. The van der Waals surface area contributed by atoms with Crippen molar-refractivity contribution in [2.45, 2.75) is 26.4 Å². The number of carbonyl (C=O) groups is 1. The first-order valence-corrected chi connectivity index (χ1v) is 9.58. The van der Waals surface area contributed by atoms with Gasteiger partial charge in [-0.05, 0) is 31.0 Å². The first-order valence-electron chi connectivity index (χ1n) is 9.58. The van der Waals surface area contributed by atoms with E-state index in [1.807, 2.05) is 73.3 Å². The minimum absolute atomic E-state index is 0.0527. The summed E-state index contributed by atoms with van der Waals surface area (Å²) in [6.45, 7) is 5.59. The van der Waals surface area contributed by atoms with Gasteiger partial charge in [0, 0.05) is 12.1 Å². The SMILES string of the molecule is Cc1ccccc1-c1nc(CC(=O)N2CCOC(c3ccccc3)C2)c(C)o1. The molecule has 0 saturated carbocycles. The molecule has 1 atom stereocenters. The molecule has 1 aliphatic heterocycles. The Kier molecular flexibility index (Phi) is 5.26. The minimum Gasteiger partial charge on any atom is -0.441 e. The first kappa shape index (κ1) is 18.4.